The number of nitrogens with zero attached hydrogens (tertiary/aromatic N) is 3. The predicted molar refractivity (Wildman–Crippen MR) is 85.8 cm³/mol. The van der Waals surface area contributed by atoms with Gasteiger partial charge in [-0.1, -0.05) is 51.1 Å². The molecule has 2 rings (SSSR count). The molecule has 1 aliphatic carbocycles. The Morgan fingerprint density at radius 1 is 1.10 bits per heavy atom. The van der Waals surface area contributed by atoms with E-state index >= 15 is 0 Å². The fourth-order valence-corrected chi connectivity index (χ4v) is 3.08. The molecule has 1 saturated carbocycles. The number of halogens is 1. The summed E-state index contributed by atoms with van der Waals surface area (Å²) in [6.45, 7) is 6.24. The molecule has 1 aromatic heterocycles. The van der Waals surface area contributed by atoms with Crippen molar-refractivity contribution in [3.63, 3.8) is 0 Å². The van der Waals surface area contributed by atoms with E-state index in [1.165, 1.54) is 38.5 Å². The largest absolute Gasteiger partial charge is 0.356 e. The van der Waals surface area contributed by atoms with Crippen molar-refractivity contribution in [2.24, 2.45) is 0 Å². The molecular weight excluding hydrogens is 270 g/mol. The highest BCUT2D eigenvalue weighted by molar-refractivity contribution is 6.30. The zero-order valence-electron chi connectivity index (χ0n) is 13.1. The molecule has 0 aliphatic heterocycles. The van der Waals surface area contributed by atoms with Crippen LogP contribution in [-0.4, -0.2) is 23.1 Å². The molecule has 3 nitrogen and oxygen atoms in total. The molecule has 0 N–H and O–H groups in total. The van der Waals surface area contributed by atoms with Gasteiger partial charge >= 0.3 is 0 Å². The monoisotopic (exact) mass is 295 g/mol. The van der Waals surface area contributed by atoms with Crippen LogP contribution in [0.2, 0.25) is 5.15 Å². The quantitative estimate of drug-likeness (QED) is 0.597. The maximum Gasteiger partial charge on any atom is 0.137 e. The van der Waals surface area contributed by atoms with Crippen molar-refractivity contribution in [1.82, 2.24) is 9.97 Å². The Balaban J connectivity index is 2.29. The molecular formula is C16H26ClN3. The molecule has 1 aliphatic rings. The Kier molecular flexibility index (Phi) is 5.25. The maximum absolute atomic E-state index is 6.30. The van der Waals surface area contributed by atoms with Gasteiger partial charge in [0.05, 0.1) is 0 Å². The van der Waals surface area contributed by atoms with Crippen LogP contribution in [0.15, 0.2) is 0 Å². The smallest absolute Gasteiger partial charge is 0.137 e. The summed E-state index contributed by atoms with van der Waals surface area (Å²) in [5.41, 5.74) is 1.00. The highest BCUT2D eigenvalue weighted by Crippen LogP contribution is 2.30. The Hall–Kier alpha value is -0.830. The average molecular weight is 296 g/mol. The highest BCUT2D eigenvalue weighted by atomic mass is 35.5. The van der Waals surface area contributed by atoms with Gasteiger partial charge in [-0.25, -0.2) is 9.97 Å². The van der Waals surface area contributed by atoms with E-state index in [1.54, 1.807) is 0 Å². The van der Waals surface area contributed by atoms with E-state index in [4.69, 9.17) is 16.6 Å². The lowest BCUT2D eigenvalue weighted by Crippen LogP contribution is -2.32. The first-order chi connectivity index (χ1) is 9.50. The van der Waals surface area contributed by atoms with E-state index in [0.29, 0.717) is 17.1 Å². The first-order valence-electron chi connectivity index (χ1n) is 7.77. The van der Waals surface area contributed by atoms with Crippen molar-refractivity contribution in [1.29, 1.82) is 0 Å². The third-order valence-corrected chi connectivity index (χ3v) is 4.67. The lowest BCUT2D eigenvalue weighted by molar-refractivity contribution is 0.546. The van der Waals surface area contributed by atoms with Gasteiger partial charge in [-0.15, -0.1) is 0 Å². The fourth-order valence-electron chi connectivity index (χ4n) is 2.91. The minimum atomic E-state index is 0.300. The first kappa shape index (κ1) is 15.6. The maximum atomic E-state index is 6.30. The minimum Gasteiger partial charge on any atom is -0.356 e. The van der Waals surface area contributed by atoms with E-state index in [0.717, 1.165) is 17.2 Å². The second-order valence-corrected chi connectivity index (χ2v) is 6.59. The molecule has 0 bridgehead atoms. The van der Waals surface area contributed by atoms with Crippen LogP contribution in [0, 0.1) is 6.92 Å². The standard InChI is InChI=1S/C16H26ClN3/c1-11(2)15-18-14(17)12(3)16(19-15)20(4)13-9-7-5-6-8-10-13/h11,13H,5-10H2,1-4H3. The van der Waals surface area contributed by atoms with E-state index < -0.39 is 0 Å². The molecule has 20 heavy (non-hydrogen) atoms. The van der Waals surface area contributed by atoms with Crippen LogP contribution >= 0.6 is 11.6 Å². The zero-order valence-corrected chi connectivity index (χ0v) is 13.9. The van der Waals surface area contributed by atoms with Crippen LogP contribution in [0.1, 0.15) is 69.7 Å². The topological polar surface area (TPSA) is 29.0 Å². The molecule has 0 radical (unpaired) electrons. The Bertz CT molecular complexity index is 451. The highest BCUT2D eigenvalue weighted by Gasteiger charge is 2.22. The lowest BCUT2D eigenvalue weighted by Gasteiger charge is -2.30. The molecule has 1 fully saturated rings. The second kappa shape index (κ2) is 6.75. The molecule has 0 spiro atoms. The zero-order chi connectivity index (χ0) is 14.7. The molecule has 0 saturated heterocycles. The second-order valence-electron chi connectivity index (χ2n) is 6.23. The normalized spacial score (nSPS) is 17.3. The number of aromatic nitrogens is 2. The van der Waals surface area contributed by atoms with Gasteiger partial charge in [0, 0.05) is 24.6 Å². The van der Waals surface area contributed by atoms with Crippen LogP contribution in [0.3, 0.4) is 0 Å². The van der Waals surface area contributed by atoms with Crippen LogP contribution in [-0.2, 0) is 0 Å². The van der Waals surface area contributed by atoms with Crippen molar-refractivity contribution >= 4 is 17.4 Å². The summed E-state index contributed by atoms with van der Waals surface area (Å²) in [5.74, 6) is 2.16. The molecule has 0 unspecified atom stereocenters. The van der Waals surface area contributed by atoms with E-state index in [-0.39, 0.29) is 0 Å². The van der Waals surface area contributed by atoms with Crippen LogP contribution in [0.25, 0.3) is 0 Å². The SMILES string of the molecule is Cc1c(Cl)nc(C(C)C)nc1N(C)C1CCCCCC1. The van der Waals surface area contributed by atoms with Crippen molar-refractivity contribution in [3.8, 4) is 0 Å². The Labute approximate surface area is 127 Å². The van der Waals surface area contributed by atoms with E-state index in [1.807, 2.05) is 6.92 Å². The van der Waals surface area contributed by atoms with Crippen LogP contribution < -0.4 is 4.90 Å². The van der Waals surface area contributed by atoms with Gasteiger partial charge in [-0.2, -0.15) is 0 Å². The van der Waals surface area contributed by atoms with Gasteiger partial charge in [-0.05, 0) is 19.8 Å². The summed E-state index contributed by atoms with van der Waals surface area (Å²) in [6, 6.07) is 0.585. The van der Waals surface area contributed by atoms with Crippen molar-refractivity contribution < 1.29 is 0 Å². The van der Waals surface area contributed by atoms with Gasteiger partial charge < -0.3 is 4.90 Å². The summed E-state index contributed by atoms with van der Waals surface area (Å²) in [5, 5.41) is 0.596. The van der Waals surface area contributed by atoms with Crippen molar-refractivity contribution in [2.75, 3.05) is 11.9 Å². The molecule has 4 heteroatoms. The first-order valence-corrected chi connectivity index (χ1v) is 8.15. The van der Waals surface area contributed by atoms with E-state index in [9.17, 15) is 0 Å². The molecule has 0 aromatic carbocycles. The molecule has 0 amide bonds. The molecule has 1 aromatic rings. The summed E-state index contributed by atoms with van der Waals surface area (Å²) >= 11 is 6.30. The fraction of sp³-hybridized carbons (Fsp3) is 0.750. The summed E-state index contributed by atoms with van der Waals surface area (Å²) in [6.07, 6.45) is 7.90. The van der Waals surface area contributed by atoms with E-state index in [2.05, 4.69) is 30.8 Å². The molecule has 112 valence electrons. The van der Waals surface area contributed by atoms with Gasteiger partial charge in [-0.3, -0.25) is 0 Å². The number of rotatable bonds is 3. The minimum absolute atomic E-state index is 0.300. The molecule has 1 heterocycles. The third kappa shape index (κ3) is 3.43. The lowest BCUT2D eigenvalue weighted by atomic mass is 10.1. The number of anilines is 1. The Morgan fingerprint density at radius 2 is 1.70 bits per heavy atom. The Morgan fingerprint density at radius 3 is 2.25 bits per heavy atom. The summed E-state index contributed by atoms with van der Waals surface area (Å²) < 4.78 is 0. The van der Waals surface area contributed by atoms with Gasteiger partial charge in [0.2, 0.25) is 0 Å². The molecule has 0 atom stereocenters. The van der Waals surface area contributed by atoms with Crippen LogP contribution in [0.5, 0.6) is 0 Å². The van der Waals surface area contributed by atoms with Crippen LogP contribution in [0.4, 0.5) is 5.82 Å². The number of hydrogen-bond acceptors (Lipinski definition) is 3. The predicted octanol–water partition coefficient (Wildman–Crippen LogP) is 4.72. The third-order valence-electron chi connectivity index (χ3n) is 4.30. The summed E-state index contributed by atoms with van der Waals surface area (Å²) in [4.78, 5) is 11.5. The van der Waals surface area contributed by atoms with Crippen molar-refractivity contribution in [2.45, 2.75) is 71.3 Å². The number of hydrogen-bond donors (Lipinski definition) is 0. The van der Waals surface area contributed by atoms with Crippen molar-refractivity contribution in [3.05, 3.63) is 16.5 Å². The summed E-state index contributed by atoms with van der Waals surface area (Å²) in [7, 11) is 2.16. The van der Waals surface area contributed by atoms with Gasteiger partial charge in [0.1, 0.15) is 16.8 Å². The average Bonchev–Trinajstić information content (AvgIpc) is 2.69. The van der Waals surface area contributed by atoms with Gasteiger partial charge in [0.25, 0.3) is 0 Å². The van der Waals surface area contributed by atoms with Gasteiger partial charge in [0.15, 0.2) is 0 Å².